The van der Waals surface area contributed by atoms with Gasteiger partial charge in [-0.25, -0.2) is 0 Å². The highest BCUT2D eigenvalue weighted by Crippen LogP contribution is 2.28. The van der Waals surface area contributed by atoms with Crippen molar-refractivity contribution in [2.75, 3.05) is 7.11 Å². The number of ether oxygens (including phenoxy) is 2. The van der Waals surface area contributed by atoms with E-state index in [0.717, 1.165) is 0 Å². The molecule has 1 heterocycles. The van der Waals surface area contributed by atoms with Crippen LogP contribution in [0.2, 0.25) is 0 Å². The molecule has 19 heavy (non-hydrogen) atoms. The number of aromatic nitrogens is 2. The molecule has 0 bridgehead atoms. The second kappa shape index (κ2) is 5.51. The normalized spacial score (nSPS) is 10.3. The number of hydrogen-bond acceptors (Lipinski definition) is 6. The molecule has 2 rings (SSSR count). The van der Waals surface area contributed by atoms with Crippen molar-refractivity contribution in [3.8, 4) is 11.5 Å². The third-order valence-electron chi connectivity index (χ3n) is 2.49. The fourth-order valence-electron chi connectivity index (χ4n) is 1.54. The molecule has 0 fully saturated rings. The zero-order valence-corrected chi connectivity index (χ0v) is 11.0. The van der Waals surface area contributed by atoms with Crippen molar-refractivity contribution in [3.05, 3.63) is 35.5 Å². The second-order valence-electron chi connectivity index (χ2n) is 3.93. The van der Waals surface area contributed by atoms with Crippen LogP contribution in [0.15, 0.2) is 22.6 Å². The summed E-state index contributed by atoms with van der Waals surface area (Å²) in [5.41, 5.74) is 0.567. The van der Waals surface area contributed by atoms with E-state index in [-0.39, 0.29) is 12.4 Å². The van der Waals surface area contributed by atoms with Gasteiger partial charge in [-0.3, -0.25) is 4.79 Å². The maximum atomic E-state index is 11.3. The molecule has 0 unspecified atom stereocenters. The van der Waals surface area contributed by atoms with Crippen LogP contribution in [0.25, 0.3) is 0 Å². The SMILES string of the molecule is COc1cc(C(C)=O)ccc1OCc1nnc(C)o1. The summed E-state index contributed by atoms with van der Waals surface area (Å²) >= 11 is 0. The van der Waals surface area contributed by atoms with E-state index in [1.54, 1.807) is 25.1 Å². The number of nitrogens with zero attached hydrogens (tertiary/aromatic N) is 2. The van der Waals surface area contributed by atoms with E-state index in [1.807, 2.05) is 0 Å². The van der Waals surface area contributed by atoms with Crippen LogP contribution in [-0.2, 0) is 6.61 Å². The lowest BCUT2D eigenvalue weighted by Crippen LogP contribution is -2.00. The molecular formula is C13H14N2O4. The van der Waals surface area contributed by atoms with Crippen molar-refractivity contribution >= 4 is 5.78 Å². The topological polar surface area (TPSA) is 74.5 Å². The lowest BCUT2D eigenvalue weighted by Gasteiger charge is -2.10. The zero-order valence-electron chi connectivity index (χ0n) is 11.0. The molecule has 6 nitrogen and oxygen atoms in total. The van der Waals surface area contributed by atoms with Crippen molar-refractivity contribution in [2.24, 2.45) is 0 Å². The van der Waals surface area contributed by atoms with Crippen molar-refractivity contribution in [1.82, 2.24) is 10.2 Å². The van der Waals surface area contributed by atoms with Crippen LogP contribution in [0, 0.1) is 6.92 Å². The van der Waals surface area contributed by atoms with Gasteiger partial charge in [0.05, 0.1) is 7.11 Å². The lowest BCUT2D eigenvalue weighted by atomic mass is 10.1. The van der Waals surface area contributed by atoms with Crippen LogP contribution in [0.1, 0.15) is 29.1 Å². The molecule has 0 aliphatic carbocycles. The predicted octanol–water partition coefficient (Wildman–Crippen LogP) is 2.17. The minimum atomic E-state index is -0.0302. The first kappa shape index (κ1) is 13.1. The average Bonchev–Trinajstić information content (AvgIpc) is 2.81. The van der Waals surface area contributed by atoms with Gasteiger partial charge in [0, 0.05) is 12.5 Å². The van der Waals surface area contributed by atoms with Crippen LogP contribution in [0.4, 0.5) is 0 Å². The van der Waals surface area contributed by atoms with Gasteiger partial charge in [0.25, 0.3) is 5.89 Å². The summed E-state index contributed by atoms with van der Waals surface area (Å²) in [5, 5.41) is 7.53. The first-order valence-corrected chi connectivity index (χ1v) is 5.71. The fraction of sp³-hybridized carbons (Fsp3) is 0.308. The number of aryl methyl sites for hydroxylation is 1. The maximum Gasteiger partial charge on any atom is 0.253 e. The molecule has 0 aliphatic rings. The Balaban J connectivity index is 2.13. The molecule has 0 saturated heterocycles. The number of methoxy groups -OCH3 is 1. The Labute approximate surface area is 110 Å². The largest absolute Gasteiger partial charge is 0.493 e. The summed E-state index contributed by atoms with van der Waals surface area (Å²) in [6.45, 7) is 3.35. The Hall–Kier alpha value is -2.37. The van der Waals surface area contributed by atoms with Crippen LogP contribution < -0.4 is 9.47 Å². The molecule has 2 aromatic rings. The van der Waals surface area contributed by atoms with Gasteiger partial charge in [0.1, 0.15) is 0 Å². The Morgan fingerprint density at radius 3 is 2.68 bits per heavy atom. The fourth-order valence-corrected chi connectivity index (χ4v) is 1.54. The number of ketones is 1. The summed E-state index contributed by atoms with van der Waals surface area (Å²) in [6.07, 6.45) is 0. The van der Waals surface area contributed by atoms with Crippen molar-refractivity contribution in [3.63, 3.8) is 0 Å². The van der Waals surface area contributed by atoms with Gasteiger partial charge in [0.2, 0.25) is 5.89 Å². The predicted molar refractivity (Wildman–Crippen MR) is 66.4 cm³/mol. The molecule has 0 N–H and O–H groups in total. The highest BCUT2D eigenvalue weighted by molar-refractivity contribution is 5.94. The molecule has 1 aromatic heterocycles. The van der Waals surface area contributed by atoms with Crippen molar-refractivity contribution < 1.29 is 18.7 Å². The van der Waals surface area contributed by atoms with E-state index in [1.165, 1.54) is 14.0 Å². The van der Waals surface area contributed by atoms with Gasteiger partial charge in [0.15, 0.2) is 23.9 Å². The third-order valence-corrected chi connectivity index (χ3v) is 2.49. The molecule has 0 radical (unpaired) electrons. The van der Waals surface area contributed by atoms with Gasteiger partial charge in [-0.05, 0) is 25.1 Å². The number of benzene rings is 1. The van der Waals surface area contributed by atoms with Gasteiger partial charge in [-0.2, -0.15) is 0 Å². The van der Waals surface area contributed by atoms with E-state index in [0.29, 0.717) is 28.8 Å². The second-order valence-corrected chi connectivity index (χ2v) is 3.93. The van der Waals surface area contributed by atoms with E-state index in [4.69, 9.17) is 13.9 Å². The summed E-state index contributed by atoms with van der Waals surface area (Å²) in [7, 11) is 1.52. The molecule has 0 spiro atoms. The van der Waals surface area contributed by atoms with Crippen LogP contribution in [0.5, 0.6) is 11.5 Å². The quantitative estimate of drug-likeness (QED) is 0.769. The van der Waals surface area contributed by atoms with Crippen LogP contribution >= 0.6 is 0 Å². The van der Waals surface area contributed by atoms with E-state index < -0.39 is 0 Å². The van der Waals surface area contributed by atoms with Gasteiger partial charge >= 0.3 is 0 Å². The minimum absolute atomic E-state index is 0.0302. The van der Waals surface area contributed by atoms with E-state index in [9.17, 15) is 4.79 Å². The molecule has 1 aromatic carbocycles. The summed E-state index contributed by atoms with van der Waals surface area (Å²) in [6, 6.07) is 4.99. The van der Waals surface area contributed by atoms with Crippen LogP contribution in [0.3, 0.4) is 0 Å². The Kier molecular flexibility index (Phi) is 3.79. The number of carbonyl (C=O) groups excluding carboxylic acids is 1. The van der Waals surface area contributed by atoms with Crippen LogP contribution in [-0.4, -0.2) is 23.1 Å². The summed E-state index contributed by atoms with van der Waals surface area (Å²) in [5.74, 6) is 1.84. The number of Topliss-reactive ketones (excluding diaryl/α,β-unsaturated/α-hetero) is 1. The Morgan fingerprint density at radius 1 is 1.32 bits per heavy atom. The summed E-state index contributed by atoms with van der Waals surface area (Å²) in [4.78, 5) is 11.3. The molecule has 0 aliphatic heterocycles. The molecule has 6 heteroatoms. The van der Waals surface area contributed by atoms with E-state index in [2.05, 4.69) is 10.2 Å². The highest BCUT2D eigenvalue weighted by Gasteiger charge is 2.10. The highest BCUT2D eigenvalue weighted by atomic mass is 16.5. The van der Waals surface area contributed by atoms with Gasteiger partial charge < -0.3 is 13.9 Å². The van der Waals surface area contributed by atoms with Crippen molar-refractivity contribution in [2.45, 2.75) is 20.5 Å². The first-order chi connectivity index (χ1) is 9.10. The molecule has 0 amide bonds. The Morgan fingerprint density at radius 2 is 2.11 bits per heavy atom. The average molecular weight is 262 g/mol. The molecule has 0 saturated carbocycles. The lowest BCUT2D eigenvalue weighted by molar-refractivity contribution is 0.101. The third kappa shape index (κ3) is 3.09. The van der Waals surface area contributed by atoms with E-state index >= 15 is 0 Å². The smallest absolute Gasteiger partial charge is 0.253 e. The first-order valence-electron chi connectivity index (χ1n) is 5.71. The van der Waals surface area contributed by atoms with Gasteiger partial charge in [-0.15, -0.1) is 10.2 Å². The number of hydrogen-bond donors (Lipinski definition) is 0. The minimum Gasteiger partial charge on any atom is -0.493 e. The summed E-state index contributed by atoms with van der Waals surface area (Å²) < 4.78 is 15.9. The standard InChI is InChI=1S/C13H14N2O4/c1-8(16)10-4-5-11(12(6-10)17-3)18-7-13-15-14-9(2)19-13/h4-6H,7H2,1-3H3. The number of carbonyl (C=O) groups is 1. The zero-order chi connectivity index (χ0) is 13.8. The number of rotatable bonds is 5. The monoisotopic (exact) mass is 262 g/mol. The molecule has 0 atom stereocenters. The van der Waals surface area contributed by atoms with Crippen molar-refractivity contribution in [1.29, 1.82) is 0 Å². The molecular weight excluding hydrogens is 248 g/mol. The van der Waals surface area contributed by atoms with Gasteiger partial charge in [-0.1, -0.05) is 0 Å². The Bertz CT molecular complexity index is 592. The molecule has 100 valence electrons. The maximum absolute atomic E-state index is 11.3.